The quantitative estimate of drug-likeness (QED) is 0.277. The Morgan fingerprint density at radius 1 is 0.559 bits per heavy atom. The zero-order chi connectivity index (χ0) is 23.0. The Morgan fingerprint density at radius 2 is 0.882 bits per heavy atom. The summed E-state index contributed by atoms with van der Waals surface area (Å²) in [6.07, 6.45) is 20.9. The van der Waals surface area contributed by atoms with E-state index >= 15 is 0 Å². The van der Waals surface area contributed by atoms with Crippen molar-refractivity contribution in [1.29, 1.82) is 0 Å². The van der Waals surface area contributed by atoms with E-state index in [4.69, 9.17) is 9.47 Å². The van der Waals surface area contributed by atoms with Gasteiger partial charge in [0.25, 0.3) is 0 Å². The number of carbonyl (C=O) groups excluding carboxylic acids is 1. The van der Waals surface area contributed by atoms with E-state index in [1.165, 1.54) is 77.0 Å². The molecule has 0 heterocycles. The monoisotopic (exact) mass is 472 g/mol. The van der Waals surface area contributed by atoms with Gasteiger partial charge in [0, 0.05) is 11.1 Å². The van der Waals surface area contributed by atoms with Crippen LogP contribution in [0.2, 0.25) is 0 Å². The van der Waals surface area contributed by atoms with Crippen LogP contribution in [0.3, 0.4) is 0 Å². The standard InChI is InChI=1S/C29H48N2O3/c32-27(33-7-3-1-5-30-28-15-21-9-22(16-28)11-23(10-21)17-28)34-8-4-2-6-31-29-18-24-12-25(19-29)14-26(13-24)20-29/h21-26,30-31H,1-20H2. The molecule has 8 aliphatic carbocycles. The van der Waals surface area contributed by atoms with Crippen LogP contribution in [0.15, 0.2) is 0 Å². The largest absolute Gasteiger partial charge is 0.508 e. The molecule has 34 heavy (non-hydrogen) atoms. The van der Waals surface area contributed by atoms with E-state index in [0.717, 1.165) is 74.3 Å². The number of rotatable bonds is 12. The lowest BCUT2D eigenvalue weighted by atomic mass is 9.53. The molecule has 8 aliphatic rings. The molecule has 8 rings (SSSR count). The molecule has 5 nitrogen and oxygen atoms in total. The van der Waals surface area contributed by atoms with E-state index < -0.39 is 6.16 Å². The maximum absolute atomic E-state index is 11.9. The molecule has 0 aliphatic heterocycles. The van der Waals surface area contributed by atoms with Crippen LogP contribution in [-0.2, 0) is 9.47 Å². The van der Waals surface area contributed by atoms with Crippen molar-refractivity contribution in [1.82, 2.24) is 10.6 Å². The lowest BCUT2D eigenvalue weighted by Gasteiger charge is -2.57. The number of unbranched alkanes of at least 4 members (excludes halogenated alkanes) is 2. The summed E-state index contributed by atoms with van der Waals surface area (Å²) in [4.78, 5) is 11.9. The Labute approximate surface area is 206 Å². The third-order valence-electron chi connectivity index (χ3n) is 10.7. The van der Waals surface area contributed by atoms with Crippen LogP contribution in [0.4, 0.5) is 4.79 Å². The van der Waals surface area contributed by atoms with E-state index in [2.05, 4.69) is 10.6 Å². The van der Waals surface area contributed by atoms with Crippen molar-refractivity contribution >= 4 is 6.16 Å². The van der Waals surface area contributed by atoms with Gasteiger partial charge in [-0.25, -0.2) is 4.79 Å². The third kappa shape index (κ3) is 5.31. The Morgan fingerprint density at radius 3 is 1.21 bits per heavy atom. The average Bonchev–Trinajstić information content (AvgIpc) is 2.76. The van der Waals surface area contributed by atoms with Crippen molar-refractivity contribution in [3.63, 3.8) is 0 Å². The summed E-state index contributed by atoms with van der Waals surface area (Å²) < 4.78 is 10.6. The van der Waals surface area contributed by atoms with E-state index in [1.54, 1.807) is 0 Å². The maximum atomic E-state index is 11.9. The highest BCUT2D eigenvalue weighted by atomic mass is 16.7. The first kappa shape index (κ1) is 23.6. The van der Waals surface area contributed by atoms with Gasteiger partial charge in [0.05, 0.1) is 13.2 Å². The molecule has 8 fully saturated rings. The molecule has 0 atom stereocenters. The summed E-state index contributed by atoms with van der Waals surface area (Å²) in [7, 11) is 0. The molecule has 8 bridgehead atoms. The SMILES string of the molecule is O=C(OCCCCNC12CC3CC(CC(C3)C1)C2)OCCCCNC12CC3CC(CC(C3)C1)C2. The summed E-state index contributed by atoms with van der Waals surface area (Å²) in [5, 5.41) is 7.87. The predicted molar refractivity (Wildman–Crippen MR) is 134 cm³/mol. The van der Waals surface area contributed by atoms with Gasteiger partial charge in [0.15, 0.2) is 0 Å². The molecule has 0 amide bonds. The van der Waals surface area contributed by atoms with Crippen molar-refractivity contribution in [2.24, 2.45) is 35.5 Å². The van der Waals surface area contributed by atoms with Crippen LogP contribution in [0.5, 0.6) is 0 Å². The molecular formula is C29H48N2O3. The fourth-order valence-electron chi connectivity index (χ4n) is 10.2. The Bertz CT molecular complexity index is 594. The highest BCUT2D eigenvalue weighted by Gasteiger charge is 2.51. The van der Waals surface area contributed by atoms with Gasteiger partial charge in [-0.2, -0.15) is 0 Å². The molecule has 0 aromatic rings. The highest BCUT2D eigenvalue weighted by Crippen LogP contribution is 2.56. The lowest BCUT2D eigenvalue weighted by molar-refractivity contribution is -0.0198. The molecule has 0 aromatic carbocycles. The first-order valence-corrected chi connectivity index (χ1v) is 14.9. The van der Waals surface area contributed by atoms with Gasteiger partial charge in [0.1, 0.15) is 0 Å². The molecule has 8 saturated carbocycles. The second kappa shape index (κ2) is 9.92. The summed E-state index contributed by atoms with van der Waals surface area (Å²) in [5.74, 6) is 5.94. The Kier molecular flexibility index (Phi) is 6.88. The fraction of sp³-hybridized carbons (Fsp3) is 0.966. The normalized spacial score (nSPS) is 43.4. The molecular weight excluding hydrogens is 424 g/mol. The zero-order valence-electron chi connectivity index (χ0n) is 21.3. The van der Waals surface area contributed by atoms with Crippen LogP contribution >= 0.6 is 0 Å². The van der Waals surface area contributed by atoms with Crippen molar-refractivity contribution < 1.29 is 14.3 Å². The molecule has 0 radical (unpaired) electrons. The number of carbonyl (C=O) groups is 1. The summed E-state index contributed by atoms with van der Waals surface area (Å²) in [6.45, 7) is 3.08. The van der Waals surface area contributed by atoms with Gasteiger partial charge in [-0.05, 0) is 151 Å². The van der Waals surface area contributed by atoms with Crippen molar-refractivity contribution in [3.05, 3.63) is 0 Å². The van der Waals surface area contributed by atoms with Gasteiger partial charge in [0.2, 0.25) is 0 Å². The minimum absolute atomic E-state index is 0.444. The Balaban J connectivity index is 0.776. The third-order valence-corrected chi connectivity index (χ3v) is 10.7. The molecule has 0 aromatic heterocycles. The highest BCUT2D eigenvalue weighted by molar-refractivity contribution is 5.59. The first-order chi connectivity index (χ1) is 16.6. The van der Waals surface area contributed by atoms with E-state index in [-0.39, 0.29) is 0 Å². The van der Waals surface area contributed by atoms with Gasteiger partial charge < -0.3 is 20.1 Å². The van der Waals surface area contributed by atoms with Crippen molar-refractivity contribution in [2.45, 2.75) is 114 Å². The van der Waals surface area contributed by atoms with Crippen molar-refractivity contribution in [2.75, 3.05) is 26.3 Å². The van der Waals surface area contributed by atoms with Gasteiger partial charge >= 0.3 is 6.16 Å². The van der Waals surface area contributed by atoms with Crippen LogP contribution in [-0.4, -0.2) is 43.5 Å². The number of hydrogen-bond donors (Lipinski definition) is 2. The van der Waals surface area contributed by atoms with Crippen LogP contribution in [0.25, 0.3) is 0 Å². The van der Waals surface area contributed by atoms with E-state index in [0.29, 0.717) is 24.3 Å². The second-order valence-corrected chi connectivity index (χ2v) is 13.6. The summed E-state index contributed by atoms with van der Waals surface area (Å²) in [5.41, 5.74) is 0.887. The molecule has 0 spiro atoms. The molecule has 0 saturated heterocycles. The molecule has 192 valence electrons. The molecule has 0 unspecified atom stereocenters. The van der Waals surface area contributed by atoms with E-state index in [9.17, 15) is 4.79 Å². The minimum atomic E-state index is -0.483. The smallest absolute Gasteiger partial charge is 0.434 e. The van der Waals surface area contributed by atoms with Crippen LogP contribution < -0.4 is 10.6 Å². The van der Waals surface area contributed by atoms with Crippen molar-refractivity contribution in [3.8, 4) is 0 Å². The van der Waals surface area contributed by atoms with Gasteiger partial charge in [-0.1, -0.05) is 0 Å². The predicted octanol–water partition coefficient (Wildman–Crippen LogP) is 5.82. The zero-order valence-corrected chi connectivity index (χ0v) is 21.3. The number of ether oxygens (including phenoxy) is 2. The Hall–Kier alpha value is -0.810. The van der Waals surface area contributed by atoms with Crippen LogP contribution in [0.1, 0.15) is 103 Å². The minimum Gasteiger partial charge on any atom is -0.434 e. The van der Waals surface area contributed by atoms with Gasteiger partial charge in [-0.15, -0.1) is 0 Å². The lowest BCUT2D eigenvalue weighted by Crippen LogP contribution is -2.58. The first-order valence-electron chi connectivity index (χ1n) is 14.9. The van der Waals surface area contributed by atoms with Gasteiger partial charge in [-0.3, -0.25) is 0 Å². The maximum Gasteiger partial charge on any atom is 0.508 e. The topological polar surface area (TPSA) is 59.6 Å². The second-order valence-electron chi connectivity index (χ2n) is 13.6. The average molecular weight is 473 g/mol. The summed E-state index contributed by atoms with van der Waals surface area (Å²) >= 11 is 0. The summed E-state index contributed by atoms with van der Waals surface area (Å²) in [6, 6.07) is 0. The van der Waals surface area contributed by atoms with E-state index in [1.807, 2.05) is 0 Å². The molecule has 5 heteroatoms. The van der Waals surface area contributed by atoms with Crippen LogP contribution in [0, 0.1) is 35.5 Å². The number of hydrogen-bond acceptors (Lipinski definition) is 5. The fourth-order valence-corrected chi connectivity index (χ4v) is 10.2. The number of nitrogens with one attached hydrogen (secondary N) is 2. The molecule has 2 N–H and O–H groups in total.